The van der Waals surface area contributed by atoms with Crippen molar-refractivity contribution < 1.29 is 32.6 Å². The zero-order valence-electron chi connectivity index (χ0n) is 23.2. The van der Waals surface area contributed by atoms with Gasteiger partial charge >= 0.3 is 6.18 Å². The molecule has 4 aromatic rings. The van der Waals surface area contributed by atoms with Crippen molar-refractivity contribution in [3.8, 4) is 17.1 Å². The molecule has 0 radical (unpaired) electrons. The minimum Gasteiger partial charge on any atom is -0.508 e. The van der Waals surface area contributed by atoms with Gasteiger partial charge in [0, 0.05) is 24.4 Å². The van der Waals surface area contributed by atoms with Crippen molar-refractivity contribution in [1.29, 1.82) is 0 Å². The number of aromatic nitrogens is 4. The highest BCUT2D eigenvalue weighted by atomic mass is 19.4. The standard InChI is InChI=1S/C30H29F3N6O4/c1-19-7-9-21(10-8-19)28-35-37-38(36-28)18-26(41)39(23-5-2-4-22(16-23)30(31,32)33)27(20-11-13-24(40)14-12-20)29(42)34-17-25-6-3-15-43-25/h2,4-5,7-14,16,25,27,40H,3,6,15,17-18H2,1H3,(H,34,42). The zero-order chi connectivity index (χ0) is 30.6. The van der Waals surface area contributed by atoms with Crippen molar-refractivity contribution in [2.45, 2.75) is 44.6 Å². The Morgan fingerprint density at radius 2 is 1.86 bits per heavy atom. The molecule has 2 amide bonds. The number of hydrogen-bond acceptors (Lipinski definition) is 7. The van der Waals surface area contributed by atoms with Gasteiger partial charge in [0.15, 0.2) is 0 Å². The van der Waals surface area contributed by atoms with Gasteiger partial charge in [0.05, 0.1) is 11.7 Å². The monoisotopic (exact) mass is 594 g/mol. The van der Waals surface area contributed by atoms with Gasteiger partial charge < -0.3 is 15.2 Å². The van der Waals surface area contributed by atoms with Gasteiger partial charge in [-0.1, -0.05) is 48.0 Å². The van der Waals surface area contributed by atoms with Gasteiger partial charge in [0.25, 0.3) is 5.91 Å². The number of aromatic hydroxyl groups is 1. The van der Waals surface area contributed by atoms with Crippen LogP contribution >= 0.6 is 0 Å². The summed E-state index contributed by atoms with van der Waals surface area (Å²) < 4.78 is 46.8. The number of phenolic OH excluding ortho intramolecular Hbond substituents is 1. The van der Waals surface area contributed by atoms with Crippen LogP contribution in [0.4, 0.5) is 18.9 Å². The first-order chi connectivity index (χ1) is 20.6. The second kappa shape index (κ2) is 12.6. The number of carbonyl (C=O) groups is 2. The van der Waals surface area contributed by atoms with Crippen LogP contribution in [0.1, 0.15) is 35.6 Å². The molecule has 1 aliphatic rings. The topological polar surface area (TPSA) is 122 Å². The number of nitrogens with zero attached hydrogens (tertiary/aromatic N) is 5. The molecule has 1 saturated heterocycles. The summed E-state index contributed by atoms with van der Waals surface area (Å²) in [7, 11) is 0. The maximum atomic E-state index is 14.0. The van der Waals surface area contributed by atoms with Crippen LogP contribution in [-0.2, 0) is 27.0 Å². The lowest BCUT2D eigenvalue weighted by Crippen LogP contribution is -2.46. The number of ether oxygens (including phenoxy) is 1. The normalized spacial score (nSPS) is 15.7. The van der Waals surface area contributed by atoms with E-state index in [0.29, 0.717) is 12.2 Å². The Balaban J connectivity index is 1.52. The number of aryl methyl sites for hydroxylation is 1. The Kier molecular flexibility index (Phi) is 8.71. The first kappa shape index (κ1) is 29.7. The lowest BCUT2D eigenvalue weighted by molar-refractivity contribution is -0.137. The Labute approximate surface area is 245 Å². The van der Waals surface area contributed by atoms with Gasteiger partial charge in [0.2, 0.25) is 11.7 Å². The lowest BCUT2D eigenvalue weighted by atomic mass is 10.0. The van der Waals surface area contributed by atoms with Gasteiger partial charge in [-0.3, -0.25) is 14.5 Å². The number of carbonyl (C=O) groups excluding carboxylic acids is 2. The van der Waals surface area contributed by atoms with Gasteiger partial charge in [-0.15, -0.1) is 10.2 Å². The number of tetrazole rings is 1. The second-order valence-corrected chi connectivity index (χ2v) is 10.2. The van der Waals surface area contributed by atoms with Gasteiger partial charge in [-0.2, -0.15) is 18.0 Å². The fraction of sp³-hybridized carbons (Fsp3) is 0.300. The minimum atomic E-state index is -4.70. The van der Waals surface area contributed by atoms with Crippen LogP contribution in [0.2, 0.25) is 0 Å². The number of alkyl halides is 3. The van der Waals surface area contributed by atoms with E-state index >= 15 is 0 Å². The molecule has 2 N–H and O–H groups in total. The number of anilines is 1. The number of rotatable bonds is 9. The van der Waals surface area contributed by atoms with E-state index in [1.165, 1.54) is 36.4 Å². The van der Waals surface area contributed by atoms with Crippen molar-refractivity contribution >= 4 is 17.5 Å². The molecule has 224 valence electrons. The molecule has 2 unspecified atom stereocenters. The Hall–Kier alpha value is -4.78. The number of phenols is 1. The van der Waals surface area contributed by atoms with Crippen LogP contribution in [0, 0.1) is 6.92 Å². The maximum Gasteiger partial charge on any atom is 0.416 e. The molecule has 2 heterocycles. The Morgan fingerprint density at radius 1 is 1.12 bits per heavy atom. The summed E-state index contributed by atoms with van der Waals surface area (Å²) in [4.78, 5) is 29.7. The maximum absolute atomic E-state index is 14.0. The predicted molar refractivity (Wildman–Crippen MR) is 150 cm³/mol. The number of hydrogen-bond donors (Lipinski definition) is 2. The fourth-order valence-corrected chi connectivity index (χ4v) is 4.79. The quantitative estimate of drug-likeness (QED) is 0.294. The van der Waals surface area contributed by atoms with E-state index < -0.39 is 36.1 Å². The second-order valence-electron chi connectivity index (χ2n) is 10.2. The molecular formula is C30H29F3N6O4. The third kappa shape index (κ3) is 7.17. The SMILES string of the molecule is Cc1ccc(-c2nnn(CC(=O)N(c3cccc(C(F)(F)F)c3)C(C(=O)NCC3CCCO3)c3ccc(O)cc3)n2)cc1. The number of benzene rings is 3. The molecule has 1 aromatic heterocycles. The van der Waals surface area contributed by atoms with Crippen molar-refractivity contribution in [3.63, 3.8) is 0 Å². The van der Waals surface area contributed by atoms with Crippen molar-refractivity contribution in [3.05, 3.63) is 89.5 Å². The summed E-state index contributed by atoms with van der Waals surface area (Å²) in [6.45, 7) is 2.12. The number of nitrogens with one attached hydrogen (secondary N) is 1. The first-order valence-electron chi connectivity index (χ1n) is 13.6. The van der Waals surface area contributed by atoms with Gasteiger partial charge in [0.1, 0.15) is 18.3 Å². The highest BCUT2D eigenvalue weighted by Gasteiger charge is 2.36. The molecule has 43 heavy (non-hydrogen) atoms. The molecule has 10 nitrogen and oxygen atoms in total. The van der Waals surface area contributed by atoms with Crippen LogP contribution < -0.4 is 10.2 Å². The summed E-state index contributed by atoms with van der Waals surface area (Å²) >= 11 is 0. The average Bonchev–Trinajstić information content (AvgIpc) is 3.68. The molecule has 0 bridgehead atoms. The van der Waals surface area contributed by atoms with E-state index in [4.69, 9.17) is 4.74 Å². The summed E-state index contributed by atoms with van der Waals surface area (Å²) in [5.41, 5.74) is 0.799. The van der Waals surface area contributed by atoms with E-state index in [0.717, 1.165) is 40.2 Å². The molecule has 1 aliphatic heterocycles. The predicted octanol–water partition coefficient (Wildman–Crippen LogP) is 4.44. The largest absolute Gasteiger partial charge is 0.508 e. The highest BCUT2D eigenvalue weighted by Crippen LogP contribution is 2.35. The molecule has 0 saturated carbocycles. The molecule has 0 aliphatic carbocycles. The van der Waals surface area contributed by atoms with Gasteiger partial charge in [-0.25, -0.2) is 0 Å². The van der Waals surface area contributed by atoms with Crippen LogP contribution in [0.5, 0.6) is 5.75 Å². The minimum absolute atomic E-state index is 0.0883. The molecular weight excluding hydrogens is 565 g/mol. The van der Waals surface area contributed by atoms with Crippen molar-refractivity contribution in [2.75, 3.05) is 18.1 Å². The zero-order valence-corrected chi connectivity index (χ0v) is 23.2. The molecule has 1 fully saturated rings. The van der Waals surface area contributed by atoms with E-state index in [-0.39, 0.29) is 35.5 Å². The van der Waals surface area contributed by atoms with Crippen molar-refractivity contribution in [1.82, 2.24) is 25.5 Å². The van der Waals surface area contributed by atoms with Crippen molar-refractivity contribution in [2.24, 2.45) is 0 Å². The van der Waals surface area contributed by atoms with Crippen LogP contribution in [0.25, 0.3) is 11.4 Å². The van der Waals surface area contributed by atoms with Gasteiger partial charge in [-0.05, 0) is 60.9 Å². The number of amides is 2. The molecule has 3 aromatic carbocycles. The van der Waals surface area contributed by atoms with E-state index in [9.17, 15) is 27.9 Å². The Morgan fingerprint density at radius 3 is 2.53 bits per heavy atom. The molecule has 2 atom stereocenters. The summed E-state index contributed by atoms with van der Waals surface area (Å²) in [6, 6.07) is 15.6. The van der Waals surface area contributed by atoms with Crippen LogP contribution in [-0.4, -0.2) is 56.4 Å². The van der Waals surface area contributed by atoms with E-state index in [1.54, 1.807) is 12.1 Å². The fourth-order valence-electron chi connectivity index (χ4n) is 4.79. The van der Waals surface area contributed by atoms with E-state index in [2.05, 4.69) is 20.7 Å². The molecule has 13 heteroatoms. The summed E-state index contributed by atoms with van der Waals surface area (Å²) in [6.07, 6.45) is -3.34. The van der Waals surface area contributed by atoms with Crippen LogP contribution in [0.15, 0.2) is 72.8 Å². The highest BCUT2D eigenvalue weighted by molar-refractivity contribution is 6.01. The summed E-state index contributed by atoms with van der Waals surface area (Å²) in [5, 5.41) is 24.9. The first-order valence-corrected chi connectivity index (χ1v) is 13.6. The third-order valence-corrected chi connectivity index (χ3v) is 7.00. The third-order valence-electron chi connectivity index (χ3n) is 7.00. The smallest absolute Gasteiger partial charge is 0.416 e. The lowest BCUT2D eigenvalue weighted by Gasteiger charge is -2.32. The average molecular weight is 595 g/mol. The molecule has 0 spiro atoms. The van der Waals surface area contributed by atoms with E-state index in [1.807, 2.05) is 19.1 Å². The van der Waals surface area contributed by atoms with Crippen LogP contribution in [0.3, 0.4) is 0 Å². The molecule has 5 rings (SSSR count). The summed E-state index contributed by atoms with van der Waals surface area (Å²) in [5.74, 6) is -1.24. The number of halogens is 3. The Bertz CT molecular complexity index is 1570.